The third kappa shape index (κ3) is 16.7. The van der Waals surface area contributed by atoms with Gasteiger partial charge in [0.2, 0.25) is 17.5 Å². The summed E-state index contributed by atoms with van der Waals surface area (Å²) in [5.41, 5.74) is 0.503. The van der Waals surface area contributed by atoms with E-state index in [1.54, 1.807) is 140 Å². The Balaban J connectivity index is 0.712. The van der Waals surface area contributed by atoms with E-state index in [-0.39, 0.29) is 94.0 Å². The number of ketones is 2. The van der Waals surface area contributed by atoms with Gasteiger partial charge in [-0.25, -0.2) is 9.59 Å². The molecule has 0 saturated heterocycles. The van der Waals surface area contributed by atoms with Crippen molar-refractivity contribution in [3.05, 3.63) is 261 Å². The number of hydrogen-bond acceptors (Lipinski definition) is 14. The predicted octanol–water partition coefficient (Wildman–Crippen LogP) is 11.2. The number of carbonyl (C=O) groups excluding carboxylic acids is 10. The lowest BCUT2D eigenvalue weighted by Gasteiger charge is -2.14. The third-order valence-electron chi connectivity index (χ3n) is 15.2. The summed E-state index contributed by atoms with van der Waals surface area (Å²) in [5.74, 6) is -10.7. The molecule has 0 spiro atoms. The number of esters is 2. The molecule has 4 aromatic heterocycles. The van der Waals surface area contributed by atoms with Crippen LogP contribution >= 0.6 is 0 Å². The van der Waals surface area contributed by atoms with E-state index in [9.17, 15) is 74.3 Å². The second kappa shape index (κ2) is 30.5. The lowest BCUT2D eigenvalue weighted by atomic mass is 10.0. The first kappa shape index (κ1) is 69.9. The molecular formula is C72H56F6N8O14. The first-order chi connectivity index (χ1) is 47.8. The number of pyridine rings is 2. The maximum atomic E-state index is 14.4. The summed E-state index contributed by atoms with van der Waals surface area (Å²) in [5, 5.41) is 14.0. The molecule has 0 aliphatic rings. The van der Waals surface area contributed by atoms with Crippen LogP contribution in [0, 0.1) is 13.8 Å². The first-order valence-corrected chi connectivity index (χ1v) is 30.2. The van der Waals surface area contributed by atoms with Crippen LogP contribution in [-0.4, -0.2) is 106 Å². The summed E-state index contributed by atoms with van der Waals surface area (Å²) in [7, 11) is 0. The molecule has 0 saturated carbocycles. The van der Waals surface area contributed by atoms with Crippen LogP contribution in [0.2, 0.25) is 0 Å². The van der Waals surface area contributed by atoms with Crippen molar-refractivity contribution in [2.24, 2.45) is 0 Å². The summed E-state index contributed by atoms with van der Waals surface area (Å²) in [6.45, 7) is 1.39. The molecule has 6 N–H and O–H groups in total. The van der Waals surface area contributed by atoms with Gasteiger partial charge in [0.15, 0.2) is 6.61 Å². The van der Waals surface area contributed by atoms with Gasteiger partial charge >= 0.3 is 36.1 Å². The highest BCUT2D eigenvalue weighted by Crippen LogP contribution is 2.35. The number of nitrogens with one attached hydrogen (secondary N) is 6. The number of nitrogens with zero attached hydrogens (tertiary/aromatic N) is 2. The standard InChI is InChI=1S/C72H56F6N8O14/c1-41-59(55-23-9-11-30-85(55)61(41)63(89)45-25-27-53(81-69(95)71(73,74)75)51(35-45)67(93)99-38-43-15-5-3-6-16-43)83-65(91)47-19-13-21-49(33-47)97-32-29-79-57(87)37-80-58(88)40-98-50-22-14-20-48(34-50)66(92)84-60-42(2)62(86-31-12-10-24-56(60)86)64(90)46-26-28-54(82-70(96)72(76,77)78)52(36-46)68(94)100-39-44-17-7-4-8-18-44/h3-28,30-31,33-36H,29,32,37-40H2,1-2H3,(H,79,87)(H,80,88)(H,81,95)(H,82,96)(H,83,91)(H,84,92). The SMILES string of the molecule is Cc1c(NC(=O)c2cccc(OCCNC(=O)CNC(=O)COc3cccc(C(=O)Nc4c(C)c(C(=O)c5ccc(NC(=O)C(F)(F)F)c(C(=O)OCc6ccccc6)c5)n5ccccc45)c3)c2)c2ccccn2c1C(=O)c1ccc(NC(=O)C(F)(F)F)c(C(=O)OCc2ccccc2)c1. The number of halogens is 6. The number of ether oxygens (including phenoxy) is 4. The summed E-state index contributed by atoms with van der Waals surface area (Å²) >= 11 is 0. The van der Waals surface area contributed by atoms with Gasteiger partial charge in [-0.1, -0.05) is 84.9 Å². The molecule has 10 rings (SSSR count). The highest BCUT2D eigenvalue weighted by atomic mass is 19.4. The first-order valence-electron chi connectivity index (χ1n) is 30.2. The van der Waals surface area contributed by atoms with Gasteiger partial charge in [0.1, 0.15) is 31.3 Å². The number of aromatic nitrogens is 2. The third-order valence-corrected chi connectivity index (χ3v) is 15.2. The number of hydrogen-bond donors (Lipinski definition) is 6. The molecular weight excluding hydrogens is 1310 g/mol. The Bertz CT molecular complexity index is 4860. The molecule has 0 bridgehead atoms. The molecule has 28 heteroatoms. The average Bonchev–Trinajstić information content (AvgIpc) is 1.61. The smallest absolute Gasteiger partial charge is 0.471 e. The van der Waals surface area contributed by atoms with E-state index < -0.39 is 107 Å². The van der Waals surface area contributed by atoms with E-state index in [4.69, 9.17) is 18.9 Å². The zero-order valence-electron chi connectivity index (χ0n) is 52.6. The highest BCUT2D eigenvalue weighted by molar-refractivity contribution is 6.17. The van der Waals surface area contributed by atoms with Crippen molar-refractivity contribution in [1.82, 2.24) is 19.4 Å². The number of rotatable bonds is 25. The van der Waals surface area contributed by atoms with Crippen LogP contribution in [0.15, 0.2) is 194 Å². The molecule has 6 aromatic carbocycles. The van der Waals surface area contributed by atoms with Gasteiger partial charge in [-0.2, -0.15) is 26.3 Å². The molecule has 0 fully saturated rings. The Kier molecular flexibility index (Phi) is 21.3. The van der Waals surface area contributed by atoms with Crippen LogP contribution in [0.5, 0.6) is 11.5 Å². The molecule has 0 aliphatic heterocycles. The van der Waals surface area contributed by atoms with Gasteiger partial charge in [-0.05, 0) is 122 Å². The molecule has 4 heterocycles. The van der Waals surface area contributed by atoms with Crippen molar-refractivity contribution in [3.63, 3.8) is 0 Å². The molecule has 0 radical (unpaired) electrons. The minimum absolute atomic E-state index is 0.00873. The Hall–Kier alpha value is -12.9. The topological polar surface area (TPSA) is 289 Å². The number of carbonyl (C=O) groups is 10. The molecule has 10 aromatic rings. The van der Waals surface area contributed by atoms with Crippen molar-refractivity contribution in [2.75, 3.05) is 47.6 Å². The minimum atomic E-state index is -5.31. The van der Waals surface area contributed by atoms with Crippen LogP contribution in [0.25, 0.3) is 11.0 Å². The lowest BCUT2D eigenvalue weighted by molar-refractivity contribution is -0.167. The largest absolute Gasteiger partial charge is 0.492 e. The fourth-order valence-electron chi connectivity index (χ4n) is 10.4. The van der Waals surface area contributed by atoms with E-state index in [2.05, 4.69) is 21.3 Å². The second-order valence-corrected chi connectivity index (χ2v) is 22.0. The Morgan fingerprint density at radius 2 is 0.860 bits per heavy atom. The Morgan fingerprint density at radius 1 is 0.430 bits per heavy atom. The fraction of sp³-hybridized carbons (Fsp3) is 0.139. The fourth-order valence-corrected chi connectivity index (χ4v) is 10.4. The predicted molar refractivity (Wildman–Crippen MR) is 350 cm³/mol. The van der Waals surface area contributed by atoms with Crippen LogP contribution in [0.4, 0.5) is 49.1 Å². The number of fused-ring (bicyclic) bond motifs is 2. The van der Waals surface area contributed by atoms with Gasteiger partial charge in [-0.3, -0.25) is 38.4 Å². The summed E-state index contributed by atoms with van der Waals surface area (Å²) in [4.78, 5) is 133. The Labute approximate surface area is 563 Å². The molecule has 0 atom stereocenters. The molecule has 510 valence electrons. The summed E-state index contributed by atoms with van der Waals surface area (Å²) in [6, 6.07) is 44.6. The van der Waals surface area contributed by atoms with E-state index in [1.165, 1.54) is 51.4 Å². The number of benzene rings is 6. The Morgan fingerprint density at radius 3 is 1.30 bits per heavy atom. The van der Waals surface area contributed by atoms with Gasteiger partial charge in [0, 0.05) is 45.8 Å². The number of amides is 6. The second-order valence-electron chi connectivity index (χ2n) is 22.0. The quantitative estimate of drug-likeness (QED) is 0.0134. The normalized spacial score (nSPS) is 11.2. The summed E-state index contributed by atoms with van der Waals surface area (Å²) < 4.78 is 105. The van der Waals surface area contributed by atoms with E-state index >= 15 is 0 Å². The van der Waals surface area contributed by atoms with Crippen molar-refractivity contribution in [3.8, 4) is 11.5 Å². The zero-order chi connectivity index (χ0) is 71.4. The van der Waals surface area contributed by atoms with Crippen LogP contribution in [0.3, 0.4) is 0 Å². The molecule has 6 amide bonds. The highest BCUT2D eigenvalue weighted by Gasteiger charge is 2.41. The van der Waals surface area contributed by atoms with E-state index in [0.717, 1.165) is 36.4 Å². The van der Waals surface area contributed by atoms with Crippen molar-refractivity contribution in [1.29, 1.82) is 0 Å². The molecule has 0 unspecified atom stereocenters. The number of alkyl halides is 6. The van der Waals surface area contributed by atoms with Crippen molar-refractivity contribution >= 4 is 92.7 Å². The van der Waals surface area contributed by atoms with Gasteiger partial charge in [0.05, 0.1) is 69.4 Å². The van der Waals surface area contributed by atoms with E-state index in [0.29, 0.717) is 22.2 Å². The minimum Gasteiger partial charge on any atom is -0.492 e. The zero-order valence-corrected chi connectivity index (χ0v) is 52.6. The lowest BCUT2D eigenvalue weighted by Crippen LogP contribution is -2.40. The van der Waals surface area contributed by atoms with E-state index in [1.807, 2.05) is 0 Å². The molecule has 100 heavy (non-hydrogen) atoms. The van der Waals surface area contributed by atoms with Gasteiger partial charge < -0.3 is 59.6 Å². The van der Waals surface area contributed by atoms with Crippen LogP contribution in [0.1, 0.15) is 95.8 Å². The molecule has 0 aliphatic carbocycles. The van der Waals surface area contributed by atoms with Crippen LogP contribution < -0.4 is 41.4 Å². The summed E-state index contributed by atoms with van der Waals surface area (Å²) in [6.07, 6.45) is -7.53. The van der Waals surface area contributed by atoms with Gasteiger partial charge in [0.25, 0.3) is 17.7 Å². The maximum Gasteiger partial charge on any atom is 0.471 e. The van der Waals surface area contributed by atoms with Crippen molar-refractivity contribution in [2.45, 2.75) is 39.4 Å². The number of anilines is 4. The maximum absolute atomic E-state index is 14.4. The monoisotopic (exact) mass is 1370 g/mol. The molecule has 22 nitrogen and oxygen atoms in total. The average molecular weight is 1370 g/mol. The van der Waals surface area contributed by atoms with Crippen LogP contribution in [-0.2, 0) is 41.9 Å². The van der Waals surface area contributed by atoms with Crippen molar-refractivity contribution < 1.29 is 93.2 Å². The van der Waals surface area contributed by atoms with Gasteiger partial charge in [-0.15, -0.1) is 0 Å².